The maximum Gasteiger partial charge on any atom is 0.219 e. The number of hydrogen-bond acceptors (Lipinski definition) is 2. The van der Waals surface area contributed by atoms with Gasteiger partial charge in [-0.3, -0.25) is 4.79 Å². The molecule has 0 aromatic heterocycles. The van der Waals surface area contributed by atoms with Crippen molar-refractivity contribution < 1.29 is 33.3 Å². The molecule has 0 atom stereocenters. The quantitative estimate of drug-likeness (QED) is 0.191. The van der Waals surface area contributed by atoms with Gasteiger partial charge in [0.2, 0.25) is 5.91 Å². The van der Waals surface area contributed by atoms with Gasteiger partial charge in [-0.15, -0.1) is 0 Å². The molecule has 1 aliphatic carbocycles. The number of amides is 1. The van der Waals surface area contributed by atoms with E-state index >= 15 is 0 Å². The molecule has 168 valence electrons. The third kappa shape index (κ3) is 18.5. The van der Waals surface area contributed by atoms with Crippen LogP contribution in [0.1, 0.15) is 96.3 Å². The van der Waals surface area contributed by atoms with Crippen LogP contribution in [0, 0.1) is 0 Å². The molecule has 0 unspecified atom stereocenters. The number of thioether (sulfide) groups is 1. The van der Waals surface area contributed by atoms with Crippen LogP contribution >= 0.6 is 11.8 Å². The highest BCUT2D eigenvalue weighted by Crippen LogP contribution is 2.28. The summed E-state index contributed by atoms with van der Waals surface area (Å²) in [5, 5.41) is 4.04. The maximum atomic E-state index is 11.8. The van der Waals surface area contributed by atoms with Crippen molar-refractivity contribution in [2.24, 2.45) is 0 Å². The Bertz CT molecular complexity index is 368. The maximum absolute atomic E-state index is 11.8. The Labute approximate surface area is 197 Å². The molecule has 1 N–H and O–H groups in total. The number of hydrogen-bond donors (Lipinski definition) is 1. The van der Waals surface area contributed by atoms with Gasteiger partial charge in [0.05, 0.1) is 27.7 Å². The highest BCUT2D eigenvalue weighted by Gasteiger charge is 2.12. The summed E-state index contributed by atoms with van der Waals surface area (Å²) in [4.78, 5) is 11.8. The number of carbonyl (C=O) groups excluding carboxylic acids is 1. The minimum atomic E-state index is 0. The molecule has 0 aromatic carbocycles. The normalized spacial score (nSPS) is 15.2. The fourth-order valence-electron chi connectivity index (χ4n) is 3.80. The van der Waals surface area contributed by atoms with Gasteiger partial charge >= 0.3 is 0 Å². The summed E-state index contributed by atoms with van der Waals surface area (Å²) in [6.45, 7) is 1.94. The van der Waals surface area contributed by atoms with E-state index in [1.165, 1.54) is 82.8 Å². The molecule has 1 rings (SSSR count). The summed E-state index contributed by atoms with van der Waals surface area (Å²) in [6.07, 6.45) is 19.6. The summed E-state index contributed by atoms with van der Waals surface area (Å²) >= 11 is 2.24. The molecule has 0 aromatic rings. The van der Waals surface area contributed by atoms with Crippen LogP contribution in [0.2, 0.25) is 0 Å². The van der Waals surface area contributed by atoms with Crippen molar-refractivity contribution in [3.63, 3.8) is 0 Å². The molecular formula is C23H47IN2OS. The number of rotatable bonds is 16. The van der Waals surface area contributed by atoms with E-state index in [0.29, 0.717) is 6.42 Å². The fourth-order valence-corrected chi connectivity index (χ4v) is 5.17. The number of carbonyl (C=O) groups is 1. The van der Waals surface area contributed by atoms with E-state index < -0.39 is 0 Å². The molecule has 5 heteroatoms. The third-order valence-electron chi connectivity index (χ3n) is 5.53. The Morgan fingerprint density at radius 2 is 1.43 bits per heavy atom. The second-order valence-electron chi connectivity index (χ2n) is 9.43. The zero-order valence-corrected chi connectivity index (χ0v) is 21.9. The molecule has 0 aliphatic heterocycles. The first-order valence-corrected chi connectivity index (χ1v) is 12.7. The van der Waals surface area contributed by atoms with Crippen LogP contribution in [0.15, 0.2) is 0 Å². The van der Waals surface area contributed by atoms with Crippen LogP contribution in [0.25, 0.3) is 0 Å². The van der Waals surface area contributed by atoms with E-state index in [-0.39, 0.29) is 29.9 Å². The lowest BCUT2D eigenvalue weighted by Gasteiger charge is -2.23. The topological polar surface area (TPSA) is 29.1 Å². The molecule has 1 aliphatic rings. The first kappa shape index (κ1) is 28.5. The highest BCUT2D eigenvalue weighted by atomic mass is 127. The number of nitrogens with zero attached hydrogens (tertiary/aromatic N) is 1. The van der Waals surface area contributed by atoms with Crippen molar-refractivity contribution in [2.45, 2.75) is 102 Å². The van der Waals surface area contributed by atoms with Crippen LogP contribution in [-0.2, 0) is 4.79 Å². The van der Waals surface area contributed by atoms with Crippen LogP contribution in [0.5, 0.6) is 0 Å². The van der Waals surface area contributed by atoms with Crippen LogP contribution in [-0.4, -0.2) is 55.6 Å². The lowest BCUT2D eigenvalue weighted by molar-refractivity contribution is -0.870. The van der Waals surface area contributed by atoms with E-state index in [0.717, 1.165) is 35.7 Å². The Morgan fingerprint density at radius 1 is 0.857 bits per heavy atom. The van der Waals surface area contributed by atoms with Crippen molar-refractivity contribution in [3.05, 3.63) is 0 Å². The van der Waals surface area contributed by atoms with Gasteiger partial charge in [0.25, 0.3) is 0 Å². The standard InChI is InChI=1S/C23H46N2OS.HI/c1-25(2,3)20-15-19-24-23(26)18-13-8-6-4-5-7-9-14-21-27-22-16-11-10-12-17-22;/h22H,4-21H2,1-3H3;1H. The Kier molecular flexibility index (Phi) is 18.6. The van der Waals surface area contributed by atoms with Crippen molar-refractivity contribution in [2.75, 3.05) is 40.0 Å². The van der Waals surface area contributed by atoms with Gasteiger partial charge in [-0.2, -0.15) is 11.8 Å². The van der Waals surface area contributed by atoms with Gasteiger partial charge in [0.15, 0.2) is 0 Å². The van der Waals surface area contributed by atoms with E-state index in [9.17, 15) is 4.79 Å². The average Bonchev–Trinajstić information content (AvgIpc) is 2.63. The lowest BCUT2D eigenvalue weighted by atomic mass is 10.0. The Morgan fingerprint density at radius 3 is 2.04 bits per heavy atom. The van der Waals surface area contributed by atoms with Crippen LogP contribution in [0.3, 0.4) is 0 Å². The smallest absolute Gasteiger partial charge is 0.219 e. The molecule has 0 saturated heterocycles. The van der Waals surface area contributed by atoms with Crippen molar-refractivity contribution in [3.8, 4) is 0 Å². The Hall–Kier alpha value is 0.510. The molecular weight excluding hydrogens is 479 g/mol. The van der Waals surface area contributed by atoms with Gasteiger partial charge in [0, 0.05) is 24.6 Å². The monoisotopic (exact) mass is 526 g/mol. The van der Waals surface area contributed by atoms with E-state index in [2.05, 4.69) is 38.2 Å². The Balaban J connectivity index is 0.00000729. The van der Waals surface area contributed by atoms with Crippen molar-refractivity contribution in [1.82, 2.24) is 5.32 Å². The summed E-state index contributed by atoms with van der Waals surface area (Å²) < 4.78 is 0.967. The van der Waals surface area contributed by atoms with Crippen molar-refractivity contribution >= 4 is 17.7 Å². The highest BCUT2D eigenvalue weighted by molar-refractivity contribution is 7.99. The van der Waals surface area contributed by atoms with E-state index in [1.54, 1.807) is 0 Å². The second-order valence-corrected chi connectivity index (χ2v) is 10.8. The molecule has 1 saturated carbocycles. The van der Waals surface area contributed by atoms with Gasteiger partial charge in [-0.05, 0) is 31.4 Å². The molecule has 0 radical (unpaired) electrons. The summed E-state index contributed by atoms with van der Waals surface area (Å²) in [5.41, 5.74) is 0. The van der Waals surface area contributed by atoms with Gasteiger partial charge < -0.3 is 33.8 Å². The van der Waals surface area contributed by atoms with Crippen LogP contribution < -0.4 is 29.3 Å². The molecule has 28 heavy (non-hydrogen) atoms. The van der Waals surface area contributed by atoms with Crippen molar-refractivity contribution in [1.29, 1.82) is 0 Å². The first-order chi connectivity index (χ1) is 13.0. The predicted octanol–water partition coefficient (Wildman–Crippen LogP) is 2.78. The fraction of sp³-hybridized carbons (Fsp3) is 0.957. The van der Waals surface area contributed by atoms with E-state index in [1.807, 2.05) is 0 Å². The summed E-state index contributed by atoms with van der Waals surface area (Å²) in [5.74, 6) is 1.63. The molecule has 1 fully saturated rings. The lowest BCUT2D eigenvalue weighted by Crippen LogP contribution is -3.00. The average molecular weight is 527 g/mol. The molecule has 0 spiro atoms. The molecule has 3 nitrogen and oxygen atoms in total. The van der Waals surface area contributed by atoms with E-state index in [4.69, 9.17) is 0 Å². The number of halogens is 1. The first-order valence-electron chi connectivity index (χ1n) is 11.7. The number of unbranched alkanes of at least 4 members (excludes halogenated alkanes) is 7. The minimum absolute atomic E-state index is 0. The zero-order chi connectivity index (χ0) is 19.8. The number of quaternary nitrogens is 1. The summed E-state index contributed by atoms with van der Waals surface area (Å²) in [6, 6.07) is 0. The molecule has 0 heterocycles. The second kappa shape index (κ2) is 18.3. The molecule has 0 bridgehead atoms. The number of nitrogens with one attached hydrogen (secondary N) is 1. The van der Waals surface area contributed by atoms with Gasteiger partial charge in [0.1, 0.15) is 0 Å². The zero-order valence-electron chi connectivity index (χ0n) is 18.9. The SMILES string of the molecule is C[N+](C)(C)CCCNC(=O)CCCCCCCCCCSC1CCCCC1.[I-]. The molecule has 1 amide bonds. The van der Waals surface area contributed by atoms with Crippen LogP contribution in [0.4, 0.5) is 0 Å². The minimum Gasteiger partial charge on any atom is -1.00 e. The van der Waals surface area contributed by atoms with Gasteiger partial charge in [-0.25, -0.2) is 0 Å². The summed E-state index contributed by atoms with van der Waals surface area (Å²) in [7, 11) is 6.58. The third-order valence-corrected chi connectivity index (χ3v) is 7.00. The predicted molar refractivity (Wildman–Crippen MR) is 121 cm³/mol. The largest absolute Gasteiger partial charge is 1.00 e. The van der Waals surface area contributed by atoms with Gasteiger partial charge in [-0.1, -0.05) is 57.8 Å².